The van der Waals surface area contributed by atoms with Gasteiger partial charge in [-0.2, -0.15) is 0 Å². The number of nitrogens with zero attached hydrogens (tertiary/aromatic N) is 4. The van der Waals surface area contributed by atoms with Gasteiger partial charge in [-0.25, -0.2) is 0 Å². The molecule has 0 bridgehead atoms. The minimum absolute atomic E-state index is 0.258. The highest BCUT2D eigenvalue weighted by molar-refractivity contribution is 7.99. The molecule has 3 aliphatic rings. The molecule has 0 radical (unpaired) electrons. The number of amides is 1. The molecule has 5 rings (SSSR count). The molecule has 0 unspecified atom stereocenters. The van der Waals surface area contributed by atoms with Crippen LogP contribution in [0.2, 0.25) is 0 Å². The van der Waals surface area contributed by atoms with Gasteiger partial charge < -0.3 is 19.5 Å². The number of ether oxygens (including phenoxy) is 1. The van der Waals surface area contributed by atoms with Gasteiger partial charge in [-0.15, -0.1) is 10.2 Å². The van der Waals surface area contributed by atoms with E-state index in [1.165, 1.54) is 51.4 Å². The molecule has 190 valence electrons. The number of aromatic nitrogens is 3. The molecule has 2 saturated carbocycles. The molecule has 2 atom stereocenters. The zero-order valence-electron chi connectivity index (χ0n) is 21.0. The Bertz CT molecular complexity index is 990. The van der Waals surface area contributed by atoms with Crippen molar-refractivity contribution in [3.8, 4) is 5.75 Å². The smallest absolute Gasteiger partial charge is 0.233 e. The standard InChI is InChI=1S/C27H39N5O2S/c1-34-24-13-7-10-22(16-24)28-17-25-29-30-27(32(25)23-11-3-2-4-12-23)35-19-26(33)31-15-14-20-8-5-6-9-21(20)18-31/h7,10,13,16,20-21,23,28H,2-6,8-9,11-12,14-15,17-19H2,1H3/t20-,21+/m0/s1. The van der Waals surface area contributed by atoms with Crippen molar-refractivity contribution < 1.29 is 9.53 Å². The van der Waals surface area contributed by atoms with Crippen LogP contribution in [0.1, 0.15) is 76.1 Å². The summed E-state index contributed by atoms with van der Waals surface area (Å²) < 4.78 is 7.67. The first-order chi connectivity index (χ1) is 17.2. The van der Waals surface area contributed by atoms with Gasteiger partial charge >= 0.3 is 0 Å². The van der Waals surface area contributed by atoms with Gasteiger partial charge in [0.25, 0.3) is 0 Å². The fraction of sp³-hybridized carbons (Fsp3) is 0.667. The van der Waals surface area contributed by atoms with Crippen LogP contribution in [0.3, 0.4) is 0 Å². The Labute approximate surface area is 213 Å². The Kier molecular flexibility index (Phi) is 8.16. The lowest BCUT2D eigenvalue weighted by Gasteiger charge is -2.41. The number of hydrogen-bond acceptors (Lipinski definition) is 6. The predicted octanol–water partition coefficient (Wildman–Crippen LogP) is 5.53. The van der Waals surface area contributed by atoms with Crippen LogP contribution in [0.25, 0.3) is 0 Å². The van der Waals surface area contributed by atoms with E-state index in [1.807, 2.05) is 24.3 Å². The molecule has 1 aromatic carbocycles. The minimum atomic E-state index is 0.258. The van der Waals surface area contributed by atoms with Crippen LogP contribution in [0.5, 0.6) is 5.75 Å². The number of thioether (sulfide) groups is 1. The van der Waals surface area contributed by atoms with Gasteiger partial charge in [-0.1, -0.05) is 56.4 Å². The van der Waals surface area contributed by atoms with Crippen molar-refractivity contribution in [1.82, 2.24) is 19.7 Å². The van der Waals surface area contributed by atoms with E-state index in [-0.39, 0.29) is 5.91 Å². The summed E-state index contributed by atoms with van der Waals surface area (Å²) in [7, 11) is 1.68. The largest absolute Gasteiger partial charge is 0.497 e. The second kappa shape index (κ2) is 11.7. The number of hydrogen-bond donors (Lipinski definition) is 1. The minimum Gasteiger partial charge on any atom is -0.497 e. The van der Waals surface area contributed by atoms with Gasteiger partial charge in [0.1, 0.15) is 5.75 Å². The highest BCUT2D eigenvalue weighted by Gasteiger charge is 2.33. The van der Waals surface area contributed by atoms with E-state index in [9.17, 15) is 4.79 Å². The van der Waals surface area contributed by atoms with Gasteiger partial charge in [0.2, 0.25) is 5.91 Å². The molecule has 35 heavy (non-hydrogen) atoms. The lowest BCUT2D eigenvalue weighted by Crippen LogP contribution is -2.45. The molecule has 8 heteroatoms. The van der Waals surface area contributed by atoms with Gasteiger partial charge in [0.15, 0.2) is 11.0 Å². The normalized spacial score (nSPS) is 23.1. The van der Waals surface area contributed by atoms with E-state index in [2.05, 4.69) is 25.0 Å². The third-order valence-electron chi connectivity index (χ3n) is 8.16. The second-order valence-electron chi connectivity index (χ2n) is 10.4. The van der Waals surface area contributed by atoms with Gasteiger partial charge in [-0.3, -0.25) is 4.79 Å². The summed E-state index contributed by atoms with van der Waals surface area (Å²) in [5.41, 5.74) is 0.998. The molecule has 3 fully saturated rings. The highest BCUT2D eigenvalue weighted by Crippen LogP contribution is 2.37. The molecule has 1 saturated heterocycles. The van der Waals surface area contributed by atoms with E-state index >= 15 is 0 Å². The van der Waals surface area contributed by atoms with Gasteiger partial charge in [0, 0.05) is 30.9 Å². The molecule has 0 spiro atoms. The van der Waals surface area contributed by atoms with Crippen molar-refractivity contribution in [1.29, 1.82) is 0 Å². The first kappa shape index (κ1) is 24.5. The third-order valence-corrected chi connectivity index (χ3v) is 9.09. The number of rotatable bonds is 8. The number of piperidine rings is 1. The van der Waals surface area contributed by atoms with Crippen LogP contribution in [-0.4, -0.2) is 51.5 Å². The van der Waals surface area contributed by atoms with Crippen LogP contribution < -0.4 is 10.1 Å². The highest BCUT2D eigenvalue weighted by atomic mass is 32.2. The van der Waals surface area contributed by atoms with Crippen LogP contribution in [0, 0.1) is 11.8 Å². The number of carbonyl (C=O) groups excluding carboxylic acids is 1. The fourth-order valence-electron chi connectivity index (χ4n) is 6.19. The molecule has 2 heterocycles. The monoisotopic (exact) mass is 497 g/mol. The Hall–Kier alpha value is -2.22. The van der Waals surface area contributed by atoms with Crippen molar-refractivity contribution >= 4 is 23.4 Å². The lowest BCUT2D eigenvalue weighted by atomic mass is 9.75. The number of fused-ring (bicyclic) bond motifs is 1. The third kappa shape index (κ3) is 5.96. The van der Waals surface area contributed by atoms with E-state index in [0.717, 1.165) is 54.3 Å². The number of methoxy groups -OCH3 is 1. The molecular weight excluding hydrogens is 458 g/mol. The van der Waals surface area contributed by atoms with Crippen LogP contribution in [0.15, 0.2) is 29.4 Å². The topological polar surface area (TPSA) is 72.3 Å². The first-order valence-corrected chi connectivity index (χ1v) is 14.4. The molecular formula is C27H39N5O2S. The summed E-state index contributed by atoms with van der Waals surface area (Å²) in [4.78, 5) is 15.3. The summed E-state index contributed by atoms with van der Waals surface area (Å²) >= 11 is 1.57. The zero-order chi connectivity index (χ0) is 24.0. The molecule has 1 aromatic heterocycles. The Morgan fingerprint density at radius 3 is 2.69 bits per heavy atom. The Morgan fingerprint density at radius 1 is 1.06 bits per heavy atom. The molecule has 2 aliphatic carbocycles. The van der Waals surface area contributed by atoms with Crippen LogP contribution >= 0.6 is 11.8 Å². The quantitative estimate of drug-likeness (QED) is 0.483. The summed E-state index contributed by atoms with van der Waals surface area (Å²) in [6.07, 6.45) is 12.6. The maximum absolute atomic E-state index is 13.1. The maximum Gasteiger partial charge on any atom is 0.233 e. The zero-order valence-corrected chi connectivity index (χ0v) is 21.8. The van der Waals surface area contributed by atoms with E-state index in [0.29, 0.717) is 24.3 Å². The van der Waals surface area contributed by atoms with Crippen molar-refractivity contribution in [3.63, 3.8) is 0 Å². The average molecular weight is 498 g/mol. The van der Waals surface area contributed by atoms with E-state index in [1.54, 1.807) is 18.9 Å². The first-order valence-electron chi connectivity index (χ1n) is 13.4. The maximum atomic E-state index is 13.1. The summed E-state index contributed by atoms with van der Waals surface area (Å²) in [6.45, 7) is 2.47. The predicted molar refractivity (Wildman–Crippen MR) is 140 cm³/mol. The number of carbonyl (C=O) groups is 1. The molecule has 1 amide bonds. The molecule has 1 aliphatic heterocycles. The summed E-state index contributed by atoms with van der Waals surface area (Å²) in [6, 6.07) is 8.36. The van der Waals surface area contributed by atoms with Crippen molar-refractivity contribution in [2.45, 2.75) is 82.0 Å². The van der Waals surface area contributed by atoms with Crippen molar-refractivity contribution in [2.24, 2.45) is 11.8 Å². The van der Waals surface area contributed by atoms with Crippen molar-refractivity contribution in [3.05, 3.63) is 30.1 Å². The van der Waals surface area contributed by atoms with Gasteiger partial charge in [-0.05, 0) is 49.7 Å². The SMILES string of the molecule is COc1cccc(NCc2nnc(SCC(=O)N3CC[C@@H]4CCCC[C@@H]4C3)n2C2CCCCC2)c1. The Balaban J connectivity index is 1.24. The van der Waals surface area contributed by atoms with Crippen molar-refractivity contribution in [2.75, 3.05) is 31.3 Å². The van der Waals surface area contributed by atoms with Crippen LogP contribution in [0.4, 0.5) is 5.69 Å². The number of nitrogens with one attached hydrogen (secondary N) is 1. The molecule has 1 N–H and O–H groups in total. The fourth-order valence-corrected chi connectivity index (χ4v) is 7.12. The van der Waals surface area contributed by atoms with E-state index < -0.39 is 0 Å². The lowest BCUT2D eigenvalue weighted by molar-refractivity contribution is -0.131. The number of likely N-dealkylation sites (tertiary alicyclic amines) is 1. The van der Waals surface area contributed by atoms with E-state index in [4.69, 9.17) is 4.74 Å². The number of benzene rings is 1. The number of anilines is 1. The second-order valence-corrected chi connectivity index (χ2v) is 11.3. The molecule has 7 nitrogen and oxygen atoms in total. The summed E-state index contributed by atoms with van der Waals surface area (Å²) in [5.74, 6) is 4.04. The summed E-state index contributed by atoms with van der Waals surface area (Å²) in [5, 5.41) is 13.5. The Morgan fingerprint density at radius 2 is 1.86 bits per heavy atom. The van der Waals surface area contributed by atoms with Crippen LogP contribution in [-0.2, 0) is 11.3 Å². The molecule has 2 aromatic rings. The van der Waals surface area contributed by atoms with Gasteiger partial charge in [0.05, 0.1) is 19.4 Å². The average Bonchev–Trinajstić information content (AvgIpc) is 3.33.